The van der Waals surface area contributed by atoms with E-state index in [2.05, 4.69) is 0 Å². The Hall–Kier alpha value is -0.560. The summed E-state index contributed by atoms with van der Waals surface area (Å²) in [6, 6.07) is 7.41. The first-order valence-corrected chi connectivity index (χ1v) is 9.99. The summed E-state index contributed by atoms with van der Waals surface area (Å²) in [5.41, 5.74) is 0. The first-order valence-electron chi connectivity index (χ1n) is 6.29. The van der Waals surface area contributed by atoms with Gasteiger partial charge in [-0.2, -0.15) is 4.08 Å². The van der Waals surface area contributed by atoms with Crippen LogP contribution in [0.2, 0.25) is 0 Å². The predicted octanol–water partition coefficient (Wildman–Crippen LogP) is 4.13. The summed E-state index contributed by atoms with van der Waals surface area (Å²) in [4.78, 5) is -0.0968. The van der Waals surface area contributed by atoms with Gasteiger partial charge in [0.1, 0.15) is 4.49 Å². The minimum Gasteiger partial charge on any atom is -0.292 e. The van der Waals surface area contributed by atoms with E-state index in [1.165, 1.54) is 24.3 Å². The highest BCUT2D eigenvalue weighted by Crippen LogP contribution is 2.55. The number of hydrogen-bond donors (Lipinski definition) is 0. The smallest absolute Gasteiger partial charge is 0.292 e. The molecule has 10 heteroatoms. The average molecular weight is 388 g/mol. The van der Waals surface area contributed by atoms with Crippen molar-refractivity contribution in [3.8, 4) is 0 Å². The van der Waals surface area contributed by atoms with Crippen LogP contribution in [0.25, 0.3) is 0 Å². The molecule has 0 bridgehead atoms. The maximum Gasteiger partial charge on any atom is 0.448 e. The van der Waals surface area contributed by atoms with Crippen LogP contribution in [0.15, 0.2) is 45.9 Å². The second-order valence-electron chi connectivity index (χ2n) is 3.81. The van der Waals surface area contributed by atoms with E-state index in [9.17, 15) is 13.0 Å². The fraction of sp³-hybridized carbons (Fsp3) is 0.333. The van der Waals surface area contributed by atoms with Crippen molar-refractivity contribution in [1.82, 2.24) is 4.08 Å². The molecule has 0 spiro atoms. The lowest BCUT2D eigenvalue weighted by molar-refractivity contribution is 0.199. The summed E-state index contributed by atoms with van der Waals surface area (Å²) in [5.74, 6) is 0. The minimum absolute atomic E-state index is 0.0220. The first kappa shape index (κ1) is 19.5. The number of rotatable bonds is 8. The van der Waals surface area contributed by atoms with Gasteiger partial charge >= 0.3 is 7.75 Å². The summed E-state index contributed by atoms with van der Waals surface area (Å²) in [6.07, 6.45) is 0.803. The average Bonchev–Trinajstić information content (AvgIpc) is 2.46. The van der Waals surface area contributed by atoms with Crippen LogP contribution in [-0.2, 0) is 23.6 Å². The van der Waals surface area contributed by atoms with Crippen molar-refractivity contribution in [2.75, 3.05) is 13.2 Å². The third-order valence-electron chi connectivity index (χ3n) is 2.32. The van der Waals surface area contributed by atoms with Gasteiger partial charge in [0.2, 0.25) is 0 Å². The molecule has 1 aromatic carbocycles. The van der Waals surface area contributed by atoms with E-state index in [4.69, 9.17) is 32.2 Å². The molecule has 0 radical (unpaired) electrons. The minimum atomic E-state index is -4.22. The molecular weight excluding hydrogens is 372 g/mol. The van der Waals surface area contributed by atoms with Crippen molar-refractivity contribution in [3.63, 3.8) is 0 Å². The maximum absolute atomic E-state index is 12.8. The van der Waals surface area contributed by atoms with Crippen LogP contribution < -0.4 is 0 Å². The zero-order valence-corrected chi connectivity index (χ0v) is 15.2. The van der Waals surface area contributed by atoms with E-state index in [0.717, 1.165) is 6.20 Å². The summed E-state index contributed by atoms with van der Waals surface area (Å²) < 4.78 is 48.4. The second kappa shape index (κ2) is 8.34. The van der Waals surface area contributed by atoms with Crippen LogP contribution in [-0.4, -0.2) is 25.7 Å². The number of sulfonamides is 1. The van der Waals surface area contributed by atoms with Crippen LogP contribution in [0, 0.1) is 0 Å². The SMILES string of the molecule is CCOP(=O)(OCC)N(C=C(Cl)Cl)S(=O)(=O)c1ccccc1. The quantitative estimate of drug-likeness (QED) is 0.626. The number of hydrogen-bond acceptors (Lipinski definition) is 5. The van der Waals surface area contributed by atoms with Crippen molar-refractivity contribution < 1.29 is 22.0 Å². The molecule has 6 nitrogen and oxygen atoms in total. The Morgan fingerprint density at radius 1 is 1.18 bits per heavy atom. The Labute approximate surface area is 140 Å². The van der Waals surface area contributed by atoms with Gasteiger partial charge in [0.15, 0.2) is 0 Å². The Balaban J connectivity index is 3.47. The highest BCUT2D eigenvalue weighted by Gasteiger charge is 2.41. The van der Waals surface area contributed by atoms with Gasteiger partial charge in [-0.15, -0.1) is 0 Å². The first-order chi connectivity index (χ1) is 10.3. The van der Waals surface area contributed by atoms with Crippen molar-refractivity contribution >= 4 is 41.0 Å². The van der Waals surface area contributed by atoms with Gasteiger partial charge < -0.3 is 0 Å². The van der Waals surface area contributed by atoms with Crippen LogP contribution in [0.4, 0.5) is 0 Å². The fourth-order valence-corrected chi connectivity index (χ4v) is 5.77. The van der Waals surface area contributed by atoms with E-state index in [1.807, 2.05) is 0 Å². The molecular formula is C12H16Cl2NO5PS. The third kappa shape index (κ3) is 4.72. The predicted molar refractivity (Wildman–Crippen MR) is 86.1 cm³/mol. The highest BCUT2D eigenvalue weighted by molar-refractivity contribution is 7.94. The maximum atomic E-state index is 12.8. The van der Waals surface area contributed by atoms with Gasteiger partial charge in [-0.25, -0.2) is 13.0 Å². The van der Waals surface area contributed by atoms with Crippen molar-refractivity contribution in [2.45, 2.75) is 18.7 Å². The van der Waals surface area contributed by atoms with E-state index >= 15 is 0 Å². The molecule has 0 unspecified atom stereocenters. The van der Waals surface area contributed by atoms with Crippen molar-refractivity contribution in [3.05, 3.63) is 41.0 Å². The molecule has 1 aromatic rings. The molecule has 0 amide bonds. The molecule has 0 saturated carbocycles. The summed E-state index contributed by atoms with van der Waals surface area (Å²) in [7, 11) is -8.39. The Kier molecular flexibility index (Phi) is 7.38. The molecule has 1 rings (SSSR count). The second-order valence-corrected chi connectivity index (χ2v) is 8.79. The lowest BCUT2D eigenvalue weighted by Gasteiger charge is -2.27. The van der Waals surface area contributed by atoms with Crippen LogP contribution >= 0.6 is 30.9 Å². The zero-order chi connectivity index (χ0) is 16.8. The largest absolute Gasteiger partial charge is 0.448 e. The monoisotopic (exact) mass is 387 g/mol. The molecule has 0 heterocycles. The van der Waals surface area contributed by atoms with Gasteiger partial charge in [-0.05, 0) is 26.0 Å². The van der Waals surface area contributed by atoms with E-state index in [-0.39, 0.29) is 18.1 Å². The van der Waals surface area contributed by atoms with E-state index in [0.29, 0.717) is 4.08 Å². The molecule has 0 aliphatic heterocycles. The van der Waals surface area contributed by atoms with Gasteiger partial charge in [-0.3, -0.25) is 9.05 Å². The summed E-state index contributed by atoms with van der Waals surface area (Å²) in [5, 5.41) is 0. The number of nitrogens with zero attached hydrogens (tertiary/aromatic N) is 1. The van der Waals surface area contributed by atoms with Crippen molar-refractivity contribution in [1.29, 1.82) is 0 Å². The molecule has 0 aliphatic rings. The molecule has 0 atom stereocenters. The number of halogens is 2. The van der Waals surface area contributed by atoms with Crippen LogP contribution in [0.3, 0.4) is 0 Å². The topological polar surface area (TPSA) is 72.9 Å². The van der Waals surface area contributed by atoms with Crippen LogP contribution in [0.5, 0.6) is 0 Å². The molecule has 0 aromatic heterocycles. The Bertz CT molecular complexity index is 651. The third-order valence-corrected chi connectivity index (χ3v) is 6.99. The van der Waals surface area contributed by atoms with Gasteiger partial charge in [-0.1, -0.05) is 41.4 Å². The Morgan fingerprint density at radius 3 is 2.09 bits per heavy atom. The van der Waals surface area contributed by atoms with Crippen LogP contribution in [0.1, 0.15) is 13.8 Å². The summed E-state index contributed by atoms with van der Waals surface area (Å²) >= 11 is 11.1. The molecule has 0 aliphatic carbocycles. The zero-order valence-electron chi connectivity index (χ0n) is 12.0. The number of benzene rings is 1. The normalized spacial score (nSPS) is 12.0. The molecule has 0 saturated heterocycles. The highest BCUT2D eigenvalue weighted by atomic mass is 35.5. The van der Waals surface area contributed by atoms with Gasteiger partial charge in [0.05, 0.1) is 24.3 Å². The molecule has 0 fully saturated rings. The fourth-order valence-electron chi connectivity index (χ4n) is 1.53. The lowest BCUT2D eigenvalue weighted by atomic mass is 10.4. The summed E-state index contributed by atoms with van der Waals surface area (Å²) in [6.45, 7) is 3.08. The van der Waals surface area contributed by atoms with Crippen molar-refractivity contribution in [2.24, 2.45) is 0 Å². The van der Waals surface area contributed by atoms with Gasteiger partial charge in [0.25, 0.3) is 10.0 Å². The van der Waals surface area contributed by atoms with E-state index < -0.39 is 22.3 Å². The lowest BCUT2D eigenvalue weighted by Crippen LogP contribution is -2.26. The van der Waals surface area contributed by atoms with E-state index in [1.54, 1.807) is 19.9 Å². The molecule has 22 heavy (non-hydrogen) atoms. The van der Waals surface area contributed by atoms with Gasteiger partial charge in [0, 0.05) is 0 Å². The molecule has 0 N–H and O–H groups in total. The Morgan fingerprint density at radius 2 is 1.68 bits per heavy atom. The molecule has 124 valence electrons. The standard InChI is InChI=1S/C12H16Cl2NO5PS/c1-3-19-21(16,20-4-2)15(10-12(13)14)22(17,18)11-8-6-5-7-9-11/h5-10H,3-4H2,1-2H3.